The van der Waals surface area contributed by atoms with Gasteiger partial charge in [0.1, 0.15) is 6.42 Å². The molecule has 0 unspecified atom stereocenters. The van der Waals surface area contributed by atoms with E-state index in [0.717, 1.165) is 12.8 Å². The molecule has 6 heteroatoms. The van der Waals surface area contributed by atoms with Crippen molar-refractivity contribution in [2.45, 2.75) is 24.8 Å². The van der Waals surface area contributed by atoms with Crippen LogP contribution in [0.5, 0.6) is 0 Å². The van der Waals surface area contributed by atoms with E-state index in [4.69, 9.17) is 5.73 Å². The van der Waals surface area contributed by atoms with E-state index < -0.39 is 11.4 Å². The normalized spacial score (nSPS) is 16.5. The number of nitrogens with one attached hydrogen (secondary N) is 1. The molecule has 1 aromatic rings. The van der Waals surface area contributed by atoms with Crippen molar-refractivity contribution in [2.24, 2.45) is 5.73 Å². The van der Waals surface area contributed by atoms with Crippen LogP contribution in [0.3, 0.4) is 0 Å². The third kappa shape index (κ3) is 2.16. The van der Waals surface area contributed by atoms with Gasteiger partial charge in [0, 0.05) is 12.4 Å². The molecule has 16 heavy (non-hydrogen) atoms. The lowest BCUT2D eigenvalue weighted by atomic mass is 10.2. The molecule has 1 aromatic heterocycles. The average molecular weight is 220 g/mol. The zero-order valence-corrected chi connectivity index (χ0v) is 8.64. The Balaban J connectivity index is 2.05. The highest BCUT2D eigenvalue weighted by Gasteiger charge is 2.48. The fourth-order valence-electron chi connectivity index (χ4n) is 1.55. The van der Waals surface area contributed by atoms with Crippen molar-refractivity contribution < 1.29 is 9.59 Å². The highest BCUT2D eigenvalue weighted by atomic mass is 16.2. The molecule has 0 aromatic carbocycles. The number of amides is 2. The van der Waals surface area contributed by atoms with Gasteiger partial charge in [-0.25, -0.2) is 9.97 Å². The first-order valence-electron chi connectivity index (χ1n) is 4.99. The molecule has 0 aliphatic heterocycles. The number of carbonyl (C=O) groups is 2. The number of carbonyl (C=O) groups excluding carboxylic acids is 2. The fraction of sp³-hybridized carbons (Fsp3) is 0.400. The Kier molecular flexibility index (Phi) is 2.55. The van der Waals surface area contributed by atoms with E-state index in [1.54, 1.807) is 18.5 Å². The van der Waals surface area contributed by atoms with Crippen molar-refractivity contribution in [2.75, 3.05) is 0 Å². The van der Waals surface area contributed by atoms with Crippen LogP contribution in [0.2, 0.25) is 0 Å². The third-order valence-corrected chi connectivity index (χ3v) is 2.46. The van der Waals surface area contributed by atoms with E-state index in [9.17, 15) is 9.59 Å². The summed E-state index contributed by atoms with van der Waals surface area (Å²) in [4.78, 5) is 30.2. The van der Waals surface area contributed by atoms with Crippen LogP contribution in [-0.2, 0) is 15.1 Å². The molecule has 1 fully saturated rings. The van der Waals surface area contributed by atoms with Gasteiger partial charge in [-0.2, -0.15) is 0 Å². The van der Waals surface area contributed by atoms with Crippen LogP contribution >= 0.6 is 0 Å². The average Bonchev–Trinajstić information content (AvgIpc) is 2.99. The number of aromatic nitrogens is 2. The van der Waals surface area contributed by atoms with Gasteiger partial charge in [0.15, 0.2) is 5.82 Å². The number of primary amides is 1. The van der Waals surface area contributed by atoms with Gasteiger partial charge in [0.05, 0.1) is 5.54 Å². The minimum absolute atomic E-state index is 0.297. The highest BCUT2D eigenvalue weighted by molar-refractivity contribution is 5.96. The molecule has 1 heterocycles. The van der Waals surface area contributed by atoms with Crippen molar-refractivity contribution in [3.63, 3.8) is 0 Å². The molecule has 0 atom stereocenters. The third-order valence-electron chi connectivity index (χ3n) is 2.46. The molecule has 1 saturated carbocycles. The molecule has 0 bridgehead atoms. The molecule has 3 N–H and O–H groups in total. The largest absolute Gasteiger partial charge is 0.369 e. The molecule has 1 aliphatic rings. The van der Waals surface area contributed by atoms with Crippen molar-refractivity contribution in [3.8, 4) is 0 Å². The smallest absolute Gasteiger partial charge is 0.230 e. The molecule has 6 nitrogen and oxygen atoms in total. The second kappa shape index (κ2) is 3.88. The Morgan fingerprint density at radius 1 is 1.38 bits per heavy atom. The van der Waals surface area contributed by atoms with Gasteiger partial charge < -0.3 is 11.1 Å². The molecule has 0 saturated heterocycles. The lowest BCUT2D eigenvalue weighted by Gasteiger charge is -2.14. The van der Waals surface area contributed by atoms with Crippen molar-refractivity contribution in [1.29, 1.82) is 0 Å². The maximum absolute atomic E-state index is 11.4. The molecule has 0 radical (unpaired) electrons. The summed E-state index contributed by atoms with van der Waals surface area (Å²) in [6, 6.07) is 1.71. The maximum atomic E-state index is 11.4. The van der Waals surface area contributed by atoms with Gasteiger partial charge in [-0.15, -0.1) is 0 Å². The van der Waals surface area contributed by atoms with E-state index in [0.29, 0.717) is 5.82 Å². The number of nitrogens with zero attached hydrogens (tertiary/aromatic N) is 2. The second-order valence-corrected chi connectivity index (χ2v) is 3.85. The molecule has 1 aliphatic carbocycles. The lowest BCUT2D eigenvalue weighted by molar-refractivity contribution is -0.128. The molecule has 84 valence electrons. The molecule has 2 amide bonds. The minimum Gasteiger partial charge on any atom is -0.369 e. The van der Waals surface area contributed by atoms with E-state index in [1.807, 2.05) is 0 Å². The Bertz CT molecular complexity index is 414. The van der Waals surface area contributed by atoms with Crippen molar-refractivity contribution in [3.05, 3.63) is 24.3 Å². The first-order valence-corrected chi connectivity index (χ1v) is 4.99. The molecule has 0 spiro atoms. The van der Waals surface area contributed by atoms with Gasteiger partial charge in [0.2, 0.25) is 11.8 Å². The van der Waals surface area contributed by atoms with Gasteiger partial charge in [-0.05, 0) is 18.9 Å². The summed E-state index contributed by atoms with van der Waals surface area (Å²) in [6.07, 6.45) is 4.54. The lowest BCUT2D eigenvalue weighted by Crippen LogP contribution is -2.38. The van der Waals surface area contributed by atoms with Crippen LogP contribution in [0.15, 0.2) is 18.5 Å². The summed E-state index contributed by atoms with van der Waals surface area (Å²) in [5.41, 5.74) is 4.46. The van der Waals surface area contributed by atoms with Crippen molar-refractivity contribution >= 4 is 11.8 Å². The number of nitrogens with two attached hydrogens (primary N) is 1. The Labute approximate surface area is 92.3 Å². The summed E-state index contributed by atoms with van der Waals surface area (Å²) < 4.78 is 0. The standard InChI is InChI=1S/C10H12N4O2/c11-7(15)6-8(16)14-10(2-3-10)9-12-4-1-5-13-9/h1,4-5H,2-3,6H2,(H2,11,15)(H,14,16). The van der Waals surface area contributed by atoms with Crippen LogP contribution in [0.25, 0.3) is 0 Å². The van der Waals surface area contributed by atoms with Crippen LogP contribution in [0.4, 0.5) is 0 Å². The topological polar surface area (TPSA) is 98.0 Å². The quantitative estimate of drug-likeness (QED) is 0.665. The summed E-state index contributed by atoms with van der Waals surface area (Å²) in [7, 11) is 0. The van der Waals surface area contributed by atoms with Crippen LogP contribution < -0.4 is 11.1 Å². The van der Waals surface area contributed by atoms with Crippen LogP contribution in [0, 0.1) is 0 Å². The Morgan fingerprint density at radius 2 is 2.00 bits per heavy atom. The molecule has 2 rings (SSSR count). The highest BCUT2D eigenvalue weighted by Crippen LogP contribution is 2.43. The Morgan fingerprint density at radius 3 is 2.50 bits per heavy atom. The van der Waals surface area contributed by atoms with E-state index in [2.05, 4.69) is 15.3 Å². The number of hydrogen-bond acceptors (Lipinski definition) is 4. The summed E-state index contributed by atoms with van der Waals surface area (Å²) >= 11 is 0. The van der Waals surface area contributed by atoms with Gasteiger partial charge in [-0.3, -0.25) is 9.59 Å². The maximum Gasteiger partial charge on any atom is 0.230 e. The summed E-state index contributed by atoms with van der Waals surface area (Å²) in [6.45, 7) is 0. The van der Waals surface area contributed by atoms with E-state index >= 15 is 0 Å². The van der Waals surface area contributed by atoms with E-state index in [-0.39, 0.29) is 12.3 Å². The second-order valence-electron chi connectivity index (χ2n) is 3.85. The molecular weight excluding hydrogens is 208 g/mol. The van der Waals surface area contributed by atoms with E-state index in [1.165, 1.54) is 0 Å². The van der Waals surface area contributed by atoms with Crippen LogP contribution in [0.1, 0.15) is 25.1 Å². The summed E-state index contributed by atoms with van der Waals surface area (Å²) in [5.74, 6) is -0.424. The van der Waals surface area contributed by atoms with Gasteiger partial charge in [-0.1, -0.05) is 0 Å². The zero-order chi connectivity index (χ0) is 11.6. The van der Waals surface area contributed by atoms with Crippen molar-refractivity contribution in [1.82, 2.24) is 15.3 Å². The Hall–Kier alpha value is -1.98. The first kappa shape index (κ1) is 10.5. The monoisotopic (exact) mass is 220 g/mol. The SMILES string of the molecule is NC(=O)CC(=O)NC1(c2ncccn2)CC1. The number of rotatable bonds is 4. The molecular formula is C10H12N4O2. The first-order chi connectivity index (χ1) is 7.62. The minimum atomic E-state index is -0.637. The van der Waals surface area contributed by atoms with Crippen LogP contribution in [-0.4, -0.2) is 21.8 Å². The summed E-state index contributed by atoms with van der Waals surface area (Å²) in [5, 5.41) is 2.75. The van der Waals surface area contributed by atoms with Gasteiger partial charge in [0.25, 0.3) is 0 Å². The van der Waals surface area contributed by atoms with Gasteiger partial charge >= 0.3 is 0 Å². The fourth-order valence-corrected chi connectivity index (χ4v) is 1.55. The number of hydrogen-bond donors (Lipinski definition) is 2. The predicted octanol–water partition coefficient (Wildman–Crippen LogP) is -0.543. The predicted molar refractivity (Wildman–Crippen MR) is 54.9 cm³/mol. The zero-order valence-electron chi connectivity index (χ0n) is 8.64.